The van der Waals surface area contributed by atoms with Gasteiger partial charge in [0.15, 0.2) is 0 Å². The molecule has 0 spiro atoms. The summed E-state index contributed by atoms with van der Waals surface area (Å²) in [4.78, 5) is 19.8. The van der Waals surface area contributed by atoms with Gasteiger partial charge >= 0.3 is 5.97 Å². The van der Waals surface area contributed by atoms with Gasteiger partial charge in [0, 0.05) is 11.6 Å². The smallest absolute Gasteiger partial charge is 0.330 e. The van der Waals surface area contributed by atoms with Crippen molar-refractivity contribution in [3.05, 3.63) is 54.9 Å². The topological polar surface area (TPSA) is 61.3 Å². The van der Waals surface area contributed by atoms with E-state index in [-0.39, 0.29) is 5.97 Å². The second-order valence-corrected chi connectivity index (χ2v) is 8.00. The fourth-order valence-corrected chi connectivity index (χ4v) is 3.10. The Morgan fingerprint density at radius 3 is 2.39 bits per heavy atom. The Morgan fingerprint density at radius 2 is 1.74 bits per heavy atom. The first-order valence-corrected chi connectivity index (χ1v) is 11.5. The van der Waals surface area contributed by atoms with Crippen LogP contribution < -0.4 is 4.74 Å². The van der Waals surface area contributed by atoms with Gasteiger partial charge < -0.3 is 9.47 Å². The highest BCUT2D eigenvalue weighted by Gasteiger charge is 2.05. The van der Waals surface area contributed by atoms with E-state index in [9.17, 15) is 4.79 Å². The van der Waals surface area contributed by atoms with Crippen LogP contribution in [-0.2, 0) is 16.0 Å². The lowest BCUT2D eigenvalue weighted by Gasteiger charge is -2.10. The van der Waals surface area contributed by atoms with E-state index in [2.05, 4.69) is 54.7 Å². The van der Waals surface area contributed by atoms with Gasteiger partial charge in [0.25, 0.3) is 0 Å². The van der Waals surface area contributed by atoms with E-state index in [1.165, 1.54) is 37.3 Å². The molecule has 1 aromatic heterocycles. The van der Waals surface area contributed by atoms with Crippen molar-refractivity contribution in [2.24, 2.45) is 5.92 Å². The van der Waals surface area contributed by atoms with E-state index >= 15 is 0 Å². The second-order valence-electron chi connectivity index (χ2n) is 8.00. The summed E-state index contributed by atoms with van der Waals surface area (Å²) in [5.41, 5.74) is 3.28. The number of unbranched alkanes of at least 4 members (excludes halogenated alkanes) is 5. The summed E-state index contributed by atoms with van der Waals surface area (Å²) in [6, 6.07) is 8.59. The molecule has 2 rings (SSSR count). The maximum atomic E-state index is 10.9. The number of nitrogens with zero attached hydrogens (tertiary/aromatic N) is 2. The van der Waals surface area contributed by atoms with Gasteiger partial charge in [0.2, 0.25) is 5.88 Å². The van der Waals surface area contributed by atoms with Crippen molar-refractivity contribution in [2.45, 2.75) is 65.2 Å². The van der Waals surface area contributed by atoms with Gasteiger partial charge in [-0.3, -0.25) is 0 Å². The first-order valence-electron chi connectivity index (χ1n) is 11.5. The van der Waals surface area contributed by atoms with Crippen LogP contribution in [-0.4, -0.2) is 29.2 Å². The lowest BCUT2D eigenvalue weighted by atomic mass is 10.0. The molecule has 5 heteroatoms. The van der Waals surface area contributed by atoms with Crippen LogP contribution in [0.2, 0.25) is 0 Å². The zero-order chi connectivity index (χ0) is 22.3. The highest BCUT2D eigenvalue weighted by atomic mass is 16.5. The highest BCUT2D eigenvalue weighted by Crippen LogP contribution is 2.19. The van der Waals surface area contributed by atoms with Gasteiger partial charge in [0.05, 0.1) is 31.3 Å². The third-order valence-corrected chi connectivity index (χ3v) is 5.36. The van der Waals surface area contributed by atoms with E-state index < -0.39 is 0 Å². The zero-order valence-corrected chi connectivity index (χ0v) is 19.0. The molecule has 2 aromatic rings. The first kappa shape index (κ1) is 24.6. The molecule has 0 bridgehead atoms. The van der Waals surface area contributed by atoms with Crippen LogP contribution in [0, 0.1) is 5.92 Å². The Balaban J connectivity index is 1.63. The number of aryl methyl sites for hydroxylation is 1. The molecule has 5 nitrogen and oxygen atoms in total. The number of benzene rings is 1. The maximum absolute atomic E-state index is 10.9. The molecule has 0 N–H and O–H groups in total. The van der Waals surface area contributed by atoms with E-state index in [0.717, 1.165) is 36.9 Å². The van der Waals surface area contributed by atoms with Crippen LogP contribution in [0.4, 0.5) is 0 Å². The van der Waals surface area contributed by atoms with Crippen LogP contribution in [0.3, 0.4) is 0 Å². The molecule has 0 radical (unpaired) electrons. The Kier molecular flexibility index (Phi) is 11.4. The normalized spacial score (nSPS) is 11.7. The van der Waals surface area contributed by atoms with E-state index in [1.807, 2.05) is 0 Å². The summed E-state index contributed by atoms with van der Waals surface area (Å²) in [6.45, 7) is 8.87. The average molecular weight is 425 g/mol. The van der Waals surface area contributed by atoms with Crippen LogP contribution in [0.25, 0.3) is 11.3 Å². The van der Waals surface area contributed by atoms with Gasteiger partial charge in [-0.1, -0.05) is 76.8 Å². The number of carbonyl (C=O) groups is 1. The molecule has 0 aliphatic rings. The Bertz CT molecular complexity index is 772. The molecule has 0 saturated carbocycles. The molecule has 0 fully saturated rings. The maximum Gasteiger partial charge on any atom is 0.330 e. The van der Waals surface area contributed by atoms with Crippen molar-refractivity contribution < 1.29 is 14.3 Å². The molecule has 0 saturated heterocycles. The fourth-order valence-electron chi connectivity index (χ4n) is 3.10. The van der Waals surface area contributed by atoms with E-state index in [4.69, 9.17) is 9.47 Å². The molecule has 1 atom stereocenters. The van der Waals surface area contributed by atoms with E-state index in [1.54, 1.807) is 12.4 Å². The minimum absolute atomic E-state index is 0.332. The number of carbonyl (C=O) groups excluding carboxylic acids is 1. The van der Waals surface area contributed by atoms with Crippen molar-refractivity contribution in [3.8, 4) is 17.1 Å². The molecule has 1 aromatic carbocycles. The number of hydrogen-bond donors (Lipinski definition) is 0. The number of aromatic nitrogens is 2. The van der Waals surface area contributed by atoms with Crippen LogP contribution >= 0.6 is 0 Å². The van der Waals surface area contributed by atoms with Crippen molar-refractivity contribution >= 4 is 5.97 Å². The summed E-state index contributed by atoms with van der Waals surface area (Å²) in [5.74, 6) is 0.766. The van der Waals surface area contributed by atoms with Crippen molar-refractivity contribution in [1.29, 1.82) is 0 Å². The fraction of sp³-hybridized carbons (Fsp3) is 0.500. The monoisotopic (exact) mass is 424 g/mol. The summed E-state index contributed by atoms with van der Waals surface area (Å²) in [7, 11) is 0. The average Bonchev–Trinajstić information content (AvgIpc) is 2.82. The quantitative estimate of drug-likeness (QED) is 0.194. The van der Waals surface area contributed by atoms with Gasteiger partial charge in [-0.15, -0.1) is 0 Å². The van der Waals surface area contributed by atoms with Crippen LogP contribution in [0.1, 0.15) is 64.4 Å². The van der Waals surface area contributed by atoms with Gasteiger partial charge in [-0.25, -0.2) is 14.8 Å². The number of esters is 1. The van der Waals surface area contributed by atoms with Gasteiger partial charge in [-0.2, -0.15) is 0 Å². The molecule has 1 heterocycles. The van der Waals surface area contributed by atoms with Crippen molar-refractivity contribution in [1.82, 2.24) is 9.97 Å². The molecular weight excluding hydrogens is 388 g/mol. The summed E-state index contributed by atoms with van der Waals surface area (Å²) in [6.07, 6.45) is 13.7. The number of rotatable bonds is 15. The lowest BCUT2D eigenvalue weighted by Crippen LogP contribution is -2.08. The largest absolute Gasteiger partial charge is 0.476 e. The minimum atomic E-state index is -0.332. The summed E-state index contributed by atoms with van der Waals surface area (Å²) >= 11 is 0. The zero-order valence-electron chi connectivity index (χ0n) is 19.0. The molecule has 0 amide bonds. The summed E-state index contributed by atoms with van der Waals surface area (Å²) < 4.78 is 10.7. The van der Waals surface area contributed by atoms with E-state index in [0.29, 0.717) is 25.0 Å². The van der Waals surface area contributed by atoms with Crippen LogP contribution in [0.5, 0.6) is 5.88 Å². The Labute approximate surface area is 186 Å². The predicted molar refractivity (Wildman–Crippen MR) is 125 cm³/mol. The summed E-state index contributed by atoms with van der Waals surface area (Å²) in [5, 5.41) is 0. The van der Waals surface area contributed by atoms with Crippen LogP contribution in [0.15, 0.2) is 49.3 Å². The molecular formula is C26H36N2O3. The number of ether oxygens (including phenoxy) is 2. The molecule has 0 aliphatic carbocycles. The third-order valence-electron chi connectivity index (χ3n) is 5.36. The highest BCUT2D eigenvalue weighted by molar-refractivity contribution is 5.81. The first-order chi connectivity index (χ1) is 15.1. The van der Waals surface area contributed by atoms with Gasteiger partial charge in [-0.05, 0) is 30.7 Å². The Hall–Kier alpha value is -2.69. The molecule has 0 aliphatic heterocycles. The molecule has 168 valence electrons. The third kappa shape index (κ3) is 9.77. The van der Waals surface area contributed by atoms with Gasteiger partial charge in [0.1, 0.15) is 0 Å². The minimum Gasteiger partial charge on any atom is -0.476 e. The van der Waals surface area contributed by atoms with Crippen molar-refractivity contribution in [2.75, 3.05) is 13.2 Å². The second kappa shape index (κ2) is 14.3. The number of hydrogen-bond acceptors (Lipinski definition) is 5. The Morgan fingerprint density at radius 1 is 1.03 bits per heavy atom. The standard InChI is InChI=1S/C26H36N2O3/c1-4-21(3)20-31-25-19-27-24(18-28-25)23-15-13-22(14-16-23)12-10-8-6-7-9-11-17-30-26(29)5-2/h5,13-16,18-19,21H,2,4,6-12,17,20H2,1,3H3. The predicted octanol–water partition coefficient (Wildman–Crippen LogP) is 6.18. The van der Waals surface area contributed by atoms with Crippen molar-refractivity contribution in [3.63, 3.8) is 0 Å². The SMILES string of the molecule is C=CC(=O)OCCCCCCCCc1ccc(-c2cnc(OCC(C)CC)cn2)cc1. The molecule has 31 heavy (non-hydrogen) atoms. The molecule has 1 unspecified atom stereocenters. The lowest BCUT2D eigenvalue weighted by molar-refractivity contribution is -0.137.